The van der Waals surface area contributed by atoms with Gasteiger partial charge in [0.15, 0.2) is 0 Å². The molecule has 3 aromatic rings. The van der Waals surface area contributed by atoms with Crippen LogP contribution in [0.3, 0.4) is 0 Å². The van der Waals surface area contributed by atoms with E-state index in [9.17, 15) is 9.59 Å². The molecule has 2 amide bonds. The van der Waals surface area contributed by atoms with Gasteiger partial charge < -0.3 is 15.4 Å². The van der Waals surface area contributed by atoms with Crippen LogP contribution in [0.4, 0.5) is 11.4 Å². The average Bonchev–Trinajstić information content (AvgIpc) is 2.79. The molecule has 0 unspecified atom stereocenters. The van der Waals surface area contributed by atoms with Crippen molar-refractivity contribution in [2.24, 2.45) is 0 Å². The van der Waals surface area contributed by atoms with Crippen molar-refractivity contribution in [3.05, 3.63) is 90.0 Å². The smallest absolute Gasteiger partial charge is 0.255 e. The Hall–Kier alpha value is -3.60. The van der Waals surface area contributed by atoms with Crippen LogP contribution in [0.15, 0.2) is 78.9 Å². The summed E-state index contributed by atoms with van der Waals surface area (Å²) in [6.45, 7) is 2.79. The second-order valence-corrected chi connectivity index (χ2v) is 7.30. The summed E-state index contributed by atoms with van der Waals surface area (Å²) < 4.78 is 5.63. The number of amides is 2. The minimum atomic E-state index is -0.215. The molecule has 0 aliphatic carbocycles. The predicted molar refractivity (Wildman–Crippen MR) is 125 cm³/mol. The Kier molecular flexibility index (Phi) is 8.23. The van der Waals surface area contributed by atoms with Crippen LogP contribution in [0.2, 0.25) is 0 Å². The molecule has 0 aromatic heterocycles. The van der Waals surface area contributed by atoms with Crippen LogP contribution in [-0.2, 0) is 11.2 Å². The van der Waals surface area contributed by atoms with Gasteiger partial charge in [-0.15, -0.1) is 0 Å². The summed E-state index contributed by atoms with van der Waals surface area (Å²) in [7, 11) is 0. The molecular weight excluding hydrogens is 388 g/mol. The number of aryl methyl sites for hydroxylation is 1. The molecule has 0 radical (unpaired) electrons. The first-order valence-electron chi connectivity index (χ1n) is 10.6. The molecule has 0 bridgehead atoms. The van der Waals surface area contributed by atoms with Gasteiger partial charge in [0.25, 0.3) is 5.91 Å². The van der Waals surface area contributed by atoms with E-state index in [4.69, 9.17) is 4.74 Å². The summed E-state index contributed by atoms with van der Waals surface area (Å²) in [5, 5.41) is 5.76. The minimum absolute atomic E-state index is 0.0639. The van der Waals surface area contributed by atoms with Crippen LogP contribution in [0.25, 0.3) is 0 Å². The van der Waals surface area contributed by atoms with Gasteiger partial charge in [-0.2, -0.15) is 0 Å². The van der Waals surface area contributed by atoms with Gasteiger partial charge in [0.1, 0.15) is 5.75 Å². The summed E-state index contributed by atoms with van der Waals surface area (Å²) >= 11 is 0. The fraction of sp³-hybridized carbons (Fsp3) is 0.231. The first kappa shape index (κ1) is 22.1. The molecule has 0 heterocycles. The molecule has 0 fully saturated rings. The van der Waals surface area contributed by atoms with Crippen LogP contribution >= 0.6 is 0 Å². The van der Waals surface area contributed by atoms with Gasteiger partial charge in [0.2, 0.25) is 5.91 Å². The van der Waals surface area contributed by atoms with Gasteiger partial charge in [-0.3, -0.25) is 9.59 Å². The fourth-order valence-electron chi connectivity index (χ4n) is 3.04. The normalized spacial score (nSPS) is 10.4. The first-order chi connectivity index (χ1) is 15.1. The highest BCUT2D eigenvalue weighted by Crippen LogP contribution is 2.18. The first-order valence-corrected chi connectivity index (χ1v) is 10.6. The molecular formula is C26H28N2O3. The number of hydrogen-bond acceptors (Lipinski definition) is 3. The highest BCUT2D eigenvalue weighted by Gasteiger charge is 2.08. The van der Waals surface area contributed by atoms with E-state index in [1.807, 2.05) is 30.3 Å². The van der Waals surface area contributed by atoms with Gasteiger partial charge in [-0.1, -0.05) is 49.7 Å². The van der Waals surface area contributed by atoms with Crippen molar-refractivity contribution in [3.63, 3.8) is 0 Å². The Bertz CT molecular complexity index is 985. The van der Waals surface area contributed by atoms with E-state index in [1.165, 1.54) is 0 Å². The van der Waals surface area contributed by atoms with E-state index in [-0.39, 0.29) is 11.8 Å². The molecule has 0 aliphatic heterocycles. The Morgan fingerprint density at radius 1 is 0.839 bits per heavy atom. The van der Waals surface area contributed by atoms with Crippen LogP contribution in [0, 0.1) is 0 Å². The van der Waals surface area contributed by atoms with Gasteiger partial charge in [0, 0.05) is 23.4 Å². The van der Waals surface area contributed by atoms with Gasteiger partial charge in [0.05, 0.1) is 6.61 Å². The lowest BCUT2D eigenvalue weighted by atomic mass is 10.1. The summed E-state index contributed by atoms with van der Waals surface area (Å²) in [6.07, 6.45) is 3.16. The molecule has 0 aliphatic rings. The van der Waals surface area contributed by atoms with Crippen LogP contribution in [0.5, 0.6) is 5.75 Å². The third kappa shape index (κ3) is 7.30. The second-order valence-electron chi connectivity index (χ2n) is 7.30. The molecule has 31 heavy (non-hydrogen) atoms. The number of unbranched alkanes of at least 4 members (excludes halogenated alkanes) is 1. The van der Waals surface area contributed by atoms with E-state index >= 15 is 0 Å². The standard InChI is InChI=1S/C26H28N2O3/c1-2-3-18-31-24-15-13-21(14-16-24)26(30)28-23-11-7-10-22(19-23)27-25(29)17-12-20-8-5-4-6-9-20/h4-11,13-16,19H,2-3,12,17-18H2,1H3,(H,27,29)(H,28,30). The van der Waals surface area contributed by atoms with Crippen molar-refractivity contribution in [1.29, 1.82) is 0 Å². The van der Waals surface area contributed by atoms with Crippen molar-refractivity contribution >= 4 is 23.2 Å². The highest BCUT2D eigenvalue weighted by molar-refractivity contribution is 6.04. The van der Waals surface area contributed by atoms with E-state index < -0.39 is 0 Å². The second kappa shape index (κ2) is 11.6. The summed E-state index contributed by atoms with van der Waals surface area (Å²) in [5.41, 5.74) is 2.94. The molecule has 160 valence electrons. The maximum atomic E-state index is 12.5. The lowest BCUT2D eigenvalue weighted by Gasteiger charge is -2.10. The summed E-state index contributed by atoms with van der Waals surface area (Å²) in [6, 6.07) is 24.1. The Morgan fingerprint density at radius 2 is 1.55 bits per heavy atom. The monoisotopic (exact) mass is 416 g/mol. The number of carbonyl (C=O) groups is 2. The average molecular weight is 417 g/mol. The molecule has 0 atom stereocenters. The lowest BCUT2D eigenvalue weighted by molar-refractivity contribution is -0.116. The van der Waals surface area contributed by atoms with Crippen LogP contribution < -0.4 is 15.4 Å². The van der Waals surface area contributed by atoms with E-state index in [1.54, 1.807) is 48.5 Å². The summed E-state index contributed by atoms with van der Waals surface area (Å²) in [4.78, 5) is 24.8. The third-order valence-electron chi connectivity index (χ3n) is 4.77. The van der Waals surface area contributed by atoms with E-state index in [0.29, 0.717) is 36.4 Å². The number of anilines is 2. The lowest BCUT2D eigenvalue weighted by Crippen LogP contribution is -2.14. The third-order valence-corrected chi connectivity index (χ3v) is 4.77. The molecule has 5 heteroatoms. The number of nitrogens with one attached hydrogen (secondary N) is 2. The number of ether oxygens (including phenoxy) is 1. The SMILES string of the molecule is CCCCOc1ccc(C(=O)Nc2cccc(NC(=O)CCc3ccccc3)c2)cc1. The van der Waals surface area contributed by atoms with Crippen LogP contribution in [-0.4, -0.2) is 18.4 Å². The predicted octanol–water partition coefficient (Wildman–Crippen LogP) is 5.69. The largest absolute Gasteiger partial charge is 0.494 e. The molecule has 5 nitrogen and oxygen atoms in total. The molecule has 3 rings (SSSR count). The molecule has 0 spiro atoms. The van der Waals surface area contributed by atoms with Crippen molar-refractivity contribution < 1.29 is 14.3 Å². The zero-order valence-electron chi connectivity index (χ0n) is 17.8. The summed E-state index contributed by atoms with van der Waals surface area (Å²) in [5.74, 6) is 0.476. The highest BCUT2D eigenvalue weighted by atomic mass is 16.5. The Balaban J connectivity index is 1.52. The Labute approximate surface area is 183 Å². The number of hydrogen-bond donors (Lipinski definition) is 2. The number of carbonyl (C=O) groups excluding carboxylic acids is 2. The zero-order valence-corrected chi connectivity index (χ0v) is 17.8. The molecule has 3 aromatic carbocycles. The van der Waals surface area contributed by atoms with E-state index in [0.717, 1.165) is 24.2 Å². The topological polar surface area (TPSA) is 67.4 Å². The van der Waals surface area contributed by atoms with Gasteiger partial charge in [-0.25, -0.2) is 0 Å². The van der Waals surface area contributed by atoms with E-state index in [2.05, 4.69) is 17.6 Å². The molecule has 2 N–H and O–H groups in total. The zero-order chi connectivity index (χ0) is 21.9. The van der Waals surface area contributed by atoms with Crippen molar-refractivity contribution in [2.75, 3.05) is 17.2 Å². The maximum absolute atomic E-state index is 12.5. The number of benzene rings is 3. The van der Waals surface area contributed by atoms with Crippen LogP contribution in [0.1, 0.15) is 42.1 Å². The molecule has 0 saturated heterocycles. The van der Waals surface area contributed by atoms with Crippen molar-refractivity contribution in [3.8, 4) is 5.75 Å². The van der Waals surface area contributed by atoms with Crippen molar-refractivity contribution in [1.82, 2.24) is 0 Å². The Morgan fingerprint density at radius 3 is 2.26 bits per heavy atom. The quantitative estimate of drug-likeness (QED) is 0.417. The molecule has 0 saturated carbocycles. The van der Waals surface area contributed by atoms with Crippen molar-refractivity contribution in [2.45, 2.75) is 32.6 Å². The maximum Gasteiger partial charge on any atom is 0.255 e. The number of rotatable bonds is 10. The fourth-order valence-corrected chi connectivity index (χ4v) is 3.04. The van der Waals surface area contributed by atoms with Gasteiger partial charge >= 0.3 is 0 Å². The minimum Gasteiger partial charge on any atom is -0.494 e. The van der Waals surface area contributed by atoms with Gasteiger partial charge in [-0.05, 0) is 60.9 Å².